The molecule has 1 fully saturated rings. The average molecular weight is 251 g/mol. The van der Waals surface area contributed by atoms with Crippen molar-refractivity contribution >= 4 is 0 Å². The van der Waals surface area contributed by atoms with Gasteiger partial charge in [-0.15, -0.1) is 0 Å². The molecule has 2 atom stereocenters. The lowest BCUT2D eigenvalue weighted by Gasteiger charge is -2.37. The van der Waals surface area contributed by atoms with Crippen LogP contribution < -0.4 is 14.8 Å². The minimum absolute atomic E-state index is 0.218. The number of ether oxygens (including phenoxy) is 2. The molecule has 0 amide bonds. The van der Waals surface area contributed by atoms with Crippen molar-refractivity contribution in [1.82, 2.24) is 5.32 Å². The fraction of sp³-hybridized carbons (Fsp3) is 0.571. The van der Waals surface area contributed by atoms with Crippen molar-refractivity contribution in [3.63, 3.8) is 0 Å². The molecule has 1 saturated heterocycles. The summed E-state index contributed by atoms with van der Waals surface area (Å²) in [6.45, 7) is 5.93. The van der Waals surface area contributed by atoms with E-state index in [9.17, 15) is 5.11 Å². The van der Waals surface area contributed by atoms with Gasteiger partial charge in [0.1, 0.15) is 23.2 Å². The van der Waals surface area contributed by atoms with Gasteiger partial charge in [0.2, 0.25) is 0 Å². The van der Waals surface area contributed by atoms with Gasteiger partial charge in [-0.1, -0.05) is 0 Å². The summed E-state index contributed by atoms with van der Waals surface area (Å²) in [7, 11) is 0. The Labute approximate surface area is 108 Å². The Balaban J connectivity index is 1.99. The Morgan fingerprint density at radius 2 is 2.00 bits per heavy atom. The molecule has 1 heterocycles. The first-order valence-electron chi connectivity index (χ1n) is 6.44. The van der Waals surface area contributed by atoms with Crippen molar-refractivity contribution in [1.29, 1.82) is 0 Å². The highest BCUT2D eigenvalue weighted by molar-refractivity contribution is 5.31. The summed E-state index contributed by atoms with van der Waals surface area (Å²) in [5, 5.41) is 13.5. The third-order valence-corrected chi connectivity index (χ3v) is 3.24. The summed E-state index contributed by atoms with van der Waals surface area (Å²) in [4.78, 5) is 0. The molecule has 1 aliphatic rings. The highest BCUT2D eigenvalue weighted by Crippen LogP contribution is 2.25. The van der Waals surface area contributed by atoms with Crippen molar-refractivity contribution in [3.8, 4) is 11.5 Å². The van der Waals surface area contributed by atoms with E-state index < -0.39 is 5.60 Å². The van der Waals surface area contributed by atoms with Crippen LogP contribution in [0.15, 0.2) is 24.3 Å². The van der Waals surface area contributed by atoms with Gasteiger partial charge in [0.25, 0.3) is 0 Å². The molecule has 4 nitrogen and oxygen atoms in total. The number of aliphatic hydroxyl groups is 1. The highest BCUT2D eigenvalue weighted by Gasteiger charge is 2.36. The van der Waals surface area contributed by atoms with Crippen molar-refractivity contribution in [2.24, 2.45) is 0 Å². The van der Waals surface area contributed by atoms with Crippen LogP contribution in [0.5, 0.6) is 11.5 Å². The Hall–Kier alpha value is -1.26. The van der Waals surface area contributed by atoms with E-state index in [2.05, 4.69) is 5.32 Å². The molecular formula is C14H21NO3. The van der Waals surface area contributed by atoms with Crippen LogP contribution in [-0.4, -0.2) is 36.5 Å². The summed E-state index contributed by atoms with van der Waals surface area (Å²) >= 11 is 0. The number of nitrogens with one attached hydrogen (secondary N) is 1. The first-order valence-corrected chi connectivity index (χ1v) is 6.44. The second-order valence-electron chi connectivity index (χ2n) is 4.82. The number of rotatable bonds is 4. The molecule has 1 aliphatic heterocycles. The monoisotopic (exact) mass is 251 g/mol. The molecular weight excluding hydrogens is 230 g/mol. The van der Waals surface area contributed by atoms with E-state index in [0.717, 1.165) is 18.0 Å². The zero-order valence-corrected chi connectivity index (χ0v) is 11.0. The predicted molar refractivity (Wildman–Crippen MR) is 70.1 cm³/mol. The zero-order chi connectivity index (χ0) is 13.0. The molecule has 100 valence electrons. The van der Waals surface area contributed by atoms with Crippen LogP contribution in [-0.2, 0) is 0 Å². The van der Waals surface area contributed by atoms with Crippen LogP contribution in [0, 0.1) is 0 Å². The SMILES string of the molecule is CCOc1ccc(OC2CNCCC2(C)O)cc1. The van der Waals surface area contributed by atoms with E-state index in [-0.39, 0.29) is 6.10 Å². The van der Waals surface area contributed by atoms with E-state index in [1.165, 1.54) is 0 Å². The minimum atomic E-state index is -0.774. The highest BCUT2D eigenvalue weighted by atomic mass is 16.5. The molecule has 4 heteroatoms. The molecule has 2 N–H and O–H groups in total. The van der Waals surface area contributed by atoms with Crippen LogP contribution in [0.2, 0.25) is 0 Å². The molecule has 0 bridgehead atoms. The molecule has 1 aromatic rings. The molecule has 18 heavy (non-hydrogen) atoms. The maximum absolute atomic E-state index is 10.2. The topological polar surface area (TPSA) is 50.7 Å². The summed E-state index contributed by atoms with van der Waals surface area (Å²) in [6.07, 6.45) is 0.485. The van der Waals surface area contributed by atoms with E-state index >= 15 is 0 Å². The normalized spacial score (nSPS) is 27.8. The minimum Gasteiger partial charge on any atom is -0.494 e. The molecule has 0 radical (unpaired) electrons. The number of benzene rings is 1. The van der Waals surface area contributed by atoms with Gasteiger partial charge in [-0.05, 0) is 51.1 Å². The van der Waals surface area contributed by atoms with Crippen molar-refractivity contribution in [3.05, 3.63) is 24.3 Å². The second-order valence-corrected chi connectivity index (χ2v) is 4.82. The lowest BCUT2D eigenvalue weighted by molar-refractivity contribution is -0.0657. The smallest absolute Gasteiger partial charge is 0.139 e. The number of hydrogen-bond acceptors (Lipinski definition) is 4. The van der Waals surface area contributed by atoms with Crippen LogP contribution >= 0.6 is 0 Å². The maximum Gasteiger partial charge on any atom is 0.139 e. The van der Waals surface area contributed by atoms with E-state index in [1.54, 1.807) is 0 Å². The van der Waals surface area contributed by atoms with Gasteiger partial charge in [0.15, 0.2) is 0 Å². The zero-order valence-electron chi connectivity index (χ0n) is 11.0. The van der Waals surface area contributed by atoms with Gasteiger partial charge in [0.05, 0.1) is 6.61 Å². The van der Waals surface area contributed by atoms with Crippen molar-refractivity contribution < 1.29 is 14.6 Å². The van der Waals surface area contributed by atoms with Crippen LogP contribution in [0.3, 0.4) is 0 Å². The standard InChI is InChI=1S/C14H21NO3/c1-3-17-11-4-6-12(7-5-11)18-13-10-15-9-8-14(13,2)16/h4-7,13,15-16H,3,8-10H2,1-2H3. The third-order valence-electron chi connectivity index (χ3n) is 3.24. The van der Waals surface area contributed by atoms with Crippen LogP contribution in [0.1, 0.15) is 20.3 Å². The van der Waals surface area contributed by atoms with Gasteiger partial charge >= 0.3 is 0 Å². The van der Waals surface area contributed by atoms with Gasteiger partial charge in [-0.2, -0.15) is 0 Å². The summed E-state index contributed by atoms with van der Waals surface area (Å²) in [6, 6.07) is 7.50. The number of hydrogen-bond donors (Lipinski definition) is 2. The maximum atomic E-state index is 10.2. The molecule has 0 spiro atoms. The second kappa shape index (κ2) is 5.59. The van der Waals surface area contributed by atoms with E-state index in [1.807, 2.05) is 38.1 Å². The quantitative estimate of drug-likeness (QED) is 0.853. The molecule has 2 unspecified atom stereocenters. The molecule has 0 saturated carbocycles. The summed E-state index contributed by atoms with van der Waals surface area (Å²) < 4.78 is 11.2. The predicted octanol–water partition coefficient (Wildman–Crippen LogP) is 1.58. The van der Waals surface area contributed by atoms with Gasteiger partial charge in [0, 0.05) is 6.54 Å². The van der Waals surface area contributed by atoms with Crippen molar-refractivity contribution in [2.75, 3.05) is 19.7 Å². The van der Waals surface area contributed by atoms with Gasteiger partial charge in [-0.25, -0.2) is 0 Å². The van der Waals surface area contributed by atoms with E-state index in [4.69, 9.17) is 9.47 Å². The fourth-order valence-corrected chi connectivity index (χ4v) is 2.07. The first kappa shape index (κ1) is 13.2. The Morgan fingerprint density at radius 1 is 1.33 bits per heavy atom. The Kier molecular flexibility index (Phi) is 4.09. The average Bonchev–Trinajstić information content (AvgIpc) is 2.34. The summed E-state index contributed by atoms with van der Waals surface area (Å²) in [5.74, 6) is 1.59. The number of piperidine rings is 1. The van der Waals surface area contributed by atoms with Gasteiger partial charge < -0.3 is 19.9 Å². The lowest BCUT2D eigenvalue weighted by atomic mass is 9.92. The summed E-state index contributed by atoms with van der Waals surface area (Å²) in [5.41, 5.74) is -0.774. The van der Waals surface area contributed by atoms with Gasteiger partial charge in [-0.3, -0.25) is 0 Å². The van der Waals surface area contributed by atoms with Crippen LogP contribution in [0.4, 0.5) is 0 Å². The molecule has 2 rings (SSSR count). The Morgan fingerprint density at radius 3 is 2.61 bits per heavy atom. The third kappa shape index (κ3) is 3.15. The molecule has 0 aliphatic carbocycles. The molecule has 0 aromatic heterocycles. The van der Waals surface area contributed by atoms with Crippen molar-refractivity contribution in [2.45, 2.75) is 32.0 Å². The first-order chi connectivity index (χ1) is 8.62. The Bertz CT molecular complexity index is 375. The largest absolute Gasteiger partial charge is 0.494 e. The lowest BCUT2D eigenvalue weighted by Crippen LogP contribution is -2.54. The van der Waals surface area contributed by atoms with E-state index in [0.29, 0.717) is 19.6 Å². The fourth-order valence-electron chi connectivity index (χ4n) is 2.07. The molecule has 1 aromatic carbocycles. The van der Waals surface area contributed by atoms with Crippen LogP contribution in [0.25, 0.3) is 0 Å².